The number of rotatable bonds is 4. The number of anilines is 1. The second-order valence-electron chi connectivity index (χ2n) is 5.05. The molecule has 0 aromatic carbocycles. The summed E-state index contributed by atoms with van der Waals surface area (Å²) in [5.41, 5.74) is 5.67. The maximum absolute atomic E-state index is 5.67. The quantitative estimate of drug-likeness (QED) is 0.869. The molecule has 2 rings (SSSR count). The lowest BCUT2D eigenvalue weighted by Crippen LogP contribution is -2.51. The maximum atomic E-state index is 5.67. The molecule has 1 aromatic rings. The standard InChI is InChI=1S/C13H22N4O2/c1-9(2)19-12-4-5-15-13(16-12)17-7-11(6-14)18-8-10(17)3/h4-5,9-11H,6-8,14H2,1-3H3. The first-order valence-electron chi connectivity index (χ1n) is 6.68. The molecule has 1 aromatic heterocycles. The van der Waals surface area contributed by atoms with Crippen molar-refractivity contribution in [1.82, 2.24) is 9.97 Å². The zero-order valence-corrected chi connectivity index (χ0v) is 11.7. The molecule has 0 radical (unpaired) electrons. The van der Waals surface area contributed by atoms with Crippen LogP contribution < -0.4 is 15.4 Å². The molecule has 1 aliphatic heterocycles. The lowest BCUT2D eigenvalue weighted by Gasteiger charge is -2.37. The fraction of sp³-hybridized carbons (Fsp3) is 0.692. The molecule has 0 aliphatic carbocycles. The average molecular weight is 266 g/mol. The summed E-state index contributed by atoms with van der Waals surface area (Å²) in [6, 6.07) is 2.01. The van der Waals surface area contributed by atoms with Gasteiger partial charge in [-0.3, -0.25) is 0 Å². The SMILES string of the molecule is CC(C)Oc1ccnc(N2CC(CN)OCC2C)n1. The van der Waals surface area contributed by atoms with Crippen LogP contribution in [0.4, 0.5) is 5.95 Å². The molecule has 6 nitrogen and oxygen atoms in total. The number of hydrogen-bond donors (Lipinski definition) is 1. The van der Waals surface area contributed by atoms with Gasteiger partial charge in [-0.25, -0.2) is 4.98 Å². The molecule has 2 unspecified atom stereocenters. The van der Waals surface area contributed by atoms with Gasteiger partial charge in [-0.2, -0.15) is 4.98 Å². The number of hydrogen-bond acceptors (Lipinski definition) is 6. The second-order valence-corrected chi connectivity index (χ2v) is 5.05. The van der Waals surface area contributed by atoms with E-state index < -0.39 is 0 Å². The highest BCUT2D eigenvalue weighted by Crippen LogP contribution is 2.20. The summed E-state index contributed by atoms with van der Waals surface area (Å²) in [6.45, 7) is 7.90. The summed E-state index contributed by atoms with van der Waals surface area (Å²) < 4.78 is 11.2. The van der Waals surface area contributed by atoms with E-state index in [1.54, 1.807) is 12.3 Å². The molecule has 1 saturated heterocycles. The summed E-state index contributed by atoms with van der Waals surface area (Å²) in [6.07, 6.45) is 1.86. The molecular formula is C13H22N4O2. The Labute approximate surface area is 113 Å². The van der Waals surface area contributed by atoms with Gasteiger partial charge >= 0.3 is 0 Å². The summed E-state index contributed by atoms with van der Waals surface area (Å²) in [5, 5.41) is 0. The Hall–Kier alpha value is -1.40. The monoisotopic (exact) mass is 266 g/mol. The van der Waals surface area contributed by atoms with Gasteiger partial charge in [0, 0.05) is 25.4 Å². The average Bonchev–Trinajstić information content (AvgIpc) is 2.39. The fourth-order valence-electron chi connectivity index (χ4n) is 2.02. The Morgan fingerprint density at radius 1 is 1.58 bits per heavy atom. The van der Waals surface area contributed by atoms with Gasteiger partial charge in [0.05, 0.1) is 24.9 Å². The Balaban J connectivity index is 2.15. The molecule has 19 heavy (non-hydrogen) atoms. The second kappa shape index (κ2) is 6.16. The Kier molecular flexibility index (Phi) is 4.55. The van der Waals surface area contributed by atoms with Gasteiger partial charge in [-0.15, -0.1) is 0 Å². The van der Waals surface area contributed by atoms with E-state index in [4.69, 9.17) is 15.2 Å². The van der Waals surface area contributed by atoms with Crippen molar-refractivity contribution in [2.45, 2.75) is 39.0 Å². The molecule has 106 valence electrons. The molecule has 1 aliphatic rings. The minimum atomic E-state index is 0.0365. The van der Waals surface area contributed by atoms with Gasteiger partial charge in [-0.1, -0.05) is 0 Å². The van der Waals surface area contributed by atoms with Crippen molar-refractivity contribution < 1.29 is 9.47 Å². The van der Waals surface area contributed by atoms with E-state index in [1.807, 2.05) is 13.8 Å². The molecule has 2 heterocycles. The predicted octanol–water partition coefficient (Wildman–Crippen LogP) is 0.816. The van der Waals surface area contributed by atoms with Gasteiger partial charge in [-0.05, 0) is 20.8 Å². The Morgan fingerprint density at radius 3 is 3.05 bits per heavy atom. The normalized spacial score (nSPS) is 23.7. The highest BCUT2D eigenvalue weighted by molar-refractivity contribution is 5.34. The van der Waals surface area contributed by atoms with Gasteiger partial charge < -0.3 is 20.1 Å². The zero-order valence-electron chi connectivity index (χ0n) is 11.7. The highest BCUT2D eigenvalue weighted by Gasteiger charge is 2.27. The molecule has 0 spiro atoms. The van der Waals surface area contributed by atoms with Crippen LogP contribution in [0.25, 0.3) is 0 Å². The molecule has 0 saturated carbocycles. The van der Waals surface area contributed by atoms with Crippen molar-refractivity contribution >= 4 is 5.95 Å². The Bertz CT molecular complexity index is 413. The lowest BCUT2D eigenvalue weighted by molar-refractivity contribution is 0.0276. The van der Waals surface area contributed by atoms with Crippen LogP contribution in [0.2, 0.25) is 0 Å². The van der Waals surface area contributed by atoms with E-state index in [1.165, 1.54) is 0 Å². The first kappa shape index (κ1) is 14.0. The van der Waals surface area contributed by atoms with E-state index >= 15 is 0 Å². The third-order valence-electron chi connectivity index (χ3n) is 3.00. The molecule has 2 atom stereocenters. The van der Waals surface area contributed by atoms with Crippen LogP contribution in [-0.2, 0) is 4.74 Å². The summed E-state index contributed by atoms with van der Waals surface area (Å²) in [7, 11) is 0. The van der Waals surface area contributed by atoms with Crippen LogP contribution in [-0.4, -0.2) is 47.9 Å². The smallest absolute Gasteiger partial charge is 0.229 e. The molecule has 0 bridgehead atoms. The van der Waals surface area contributed by atoms with Crippen molar-refractivity contribution in [3.63, 3.8) is 0 Å². The van der Waals surface area contributed by atoms with Gasteiger partial charge in [0.1, 0.15) is 0 Å². The first-order chi connectivity index (χ1) is 9.10. The van der Waals surface area contributed by atoms with Crippen LogP contribution in [0.15, 0.2) is 12.3 Å². The van der Waals surface area contributed by atoms with E-state index in [9.17, 15) is 0 Å². The van der Waals surface area contributed by atoms with Gasteiger partial charge in [0.2, 0.25) is 11.8 Å². The van der Waals surface area contributed by atoms with E-state index in [-0.39, 0.29) is 18.2 Å². The van der Waals surface area contributed by atoms with Crippen molar-refractivity contribution in [3.8, 4) is 5.88 Å². The van der Waals surface area contributed by atoms with Crippen molar-refractivity contribution in [1.29, 1.82) is 0 Å². The fourth-order valence-corrected chi connectivity index (χ4v) is 2.02. The van der Waals surface area contributed by atoms with Crippen LogP contribution in [0, 0.1) is 0 Å². The third-order valence-corrected chi connectivity index (χ3v) is 3.00. The minimum Gasteiger partial charge on any atom is -0.475 e. The number of nitrogens with two attached hydrogens (primary N) is 1. The Morgan fingerprint density at radius 2 is 2.37 bits per heavy atom. The minimum absolute atomic E-state index is 0.0365. The summed E-state index contributed by atoms with van der Waals surface area (Å²) in [4.78, 5) is 10.9. The maximum Gasteiger partial charge on any atom is 0.229 e. The van der Waals surface area contributed by atoms with E-state index in [0.29, 0.717) is 31.5 Å². The summed E-state index contributed by atoms with van der Waals surface area (Å²) >= 11 is 0. The van der Waals surface area contributed by atoms with Crippen LogP contribution in [0.1, 0.15) is 20.8 Å². The summed E-state index contributed by atoms with van der Waals surface area (Å²) in [5.74, 6) is 1.27. The van der Waals surface area contributed by atoms with Crippen LogP contribution in [0.5, 0.6) is 5.88 Å². The topological polar surface area (TPSA) is 73.5 Å². The third kappa shape index (κ3) is 3.54. The zero-order chi connectivity index (χ0) is 13.8. The van der Waals surface area contributed by atoms with E-state index in [2.05, 4.69) is 21.8 Å². The predicted molar refractivity (Wildman–Crippen MR) is 73.4 cm³/mol. The van der Waals surface area contributed by atoms with Crippen LogP contribution >= 0.6 is 0 Å². The van der Waals surface area contributed by atoms with Crippen molar-refractivity contribution in [2.75, 3.05) is 24.6 Å². The van der Waals surface area contributed by atoms with Crippen LogP contribution in [0.3, 0.4) is 0 Å². The molecular weight excluding hydrogens is 244 g/mol. The van der Waals surface area contributed by atoms with Gasteiger partial charge in [0.25, 0.3) is 0 Å². The molecule has 1 fully saturated rings. The number of ether oxygens (including phenoxy) is 2. The largest absolute Gasteiger partial charge is 0.475 e. The van der Waals surface area contributed by atoms with Crippen molar-refractivity contribution in [3.05, 3.63) is 12.3 Å². The van der Waals surface area contributed by atoms with Crippen molar-refractivity contribution in [2.24, 2.45) is 5.73 Å². The molecule has 6 heteroatoms. The molecule has 0 amide bonds. The van der Waals surface area contributed by atoms with E-state index in [0.717, 1.165) is 0 Å². The first-order valence-corrected chi connectivity index (χ1v) is 6.68. The highest BCUT2D eigenvalue weighted by atomic mass is 16.5. The van der Waals surface area contributed by atoms with Gasteiger partial charge in [0.15, 0.2) is 0 Å². The number of morpholine rings is 1. The number of nitrogens with zero attached hydrogens (tertiary/aromatic N) is 3. The number of aromatic nitrogens is 2. The lowest BCUT2D eigenvalue weighted by atomic mass is 10.2. The molecule has 2 N–H and O–H groups in total.